The van der Waals surface area contributed by atoms with Gasteiger partial charge in [0.1, 0.15) is 0 Å². The summed E-state index contributed by atoms with van der Waals surface area (Å²) in [6.45, 7) is 6.98. The van der Waals surface area contributed by atoms with E-state index >= 15 is 0 Å². The number of amides is 2. The molecular formula is C22H28N2O6S2. The summed E-state index contributed by atoms with van der Waals surface area (Å²) in [6, 6.07) is 9.61. The molecular weight excluding hydrogens is 452 g/mol. The van der Waals surface area contributed by atoms with E-state index < -0.39 is 31.9 Å². The summed E-state index contributed by atoms with van der Waals surface area (Å²) in [5.74, 6) is -1.37. The van der Waals surface area contributed by atoms with Gasteiger partial charge in [-0.2, -0.15) is 0 Å². The zero-order valence-electron chi connectivity index (χ0n) is 18.6. The molecule has 2 N–H and O–H groups in total. The third-order valence-electron chi connectivity index (χ3n) is 4.79. The van der Waals surface area contributed by atoms with Gasteiger partial charge < -0.3 is 0 Å². The number of hydrogen-bond donors (Lipinski definition) is 2. The van der Waals surface area contributed by atoms with Gasteiger partial charge in [0.2, 0.25) is 11.8 Å². The lowest BCUT2D eigenvalue weighted by molar-refractivity contribution is -0.121. The maximum absolute atomic E-state index is 12.4. The molecule has 0 heterocycles. The fourth-order valence-corrected chi connectivity index (χ4v) is 5.77. The molecule has 0 aliphatic carbocycles. The smallest absolute Gasteiger partial charge is 0.264 e. The molecule has 0 bridgehead atoms. The van der Waals surface area contributed by atoms with Crippen molar-refractivity contribution in [1.29, 1.82) is 0 Å². The summed E-state index contributed by atoms with van der Waals surface area (Å²) in [5, 5.41) is 0. The van der Waals surface area contributed by atoms with Crippen molar-refractivity contribution in [3.63, 3.8) is 0 Å². The van der Waals surface area contributed by atoms with Crippen molar-refractivity contribution >= 4 is 31.9 Å². The lowest BCUT2D eigenvalue weighted by atomic mass is 10.2. The van der Waals surface area contributed by atoms with E-state index in [1.165, 1.54) is 12.1 Å². The number of sulfonamides is 2. The summed E-state index contributed by atoms with van der Waals surface area (Å²) >= 11 is 0. The van der Waals surface area contributed by atoms with Crippen LogP contribution in [0.4, 0.5) is 0 Å². The maximum Gasteiger partial charge on any atom is 0.264 e. The van der Waals surface area contributed by atoms with E-state index in [-0.39, 0.29) is 35.5 Å². The third kappa shape index (κ3) is 6.89. The lowest BCUT2D eigenvalue weighted by Gasteiger charge is -2.11. The first-order valence-electron chi connectivity index (χ1n) is 10.1. The van der Waals surface area contributed by atoms with E-state index in [0.29, 0.717) is 11.1 Å². The minimum absolute atomic E-state index is 0.0347. The summed E-state index contributed by atoms with van der Waals surface area (Å²) < 4.78 is 53.6. The van der Waals surface area contributed by atoms with Crippen molar-refractivity contribution in [3.05, 3.63) is 58.7 Å². The van der Waals surface area contributed by atoms with E-state index in [1.54, 1.807) is 38.1 Å². The molecule has 2 amide bonds. The number of carbonyl (C=O) groups excluding carboxylic acids is 2. The number of unbranched alkanes of at least 4 members (excludes halogenated alkanes) is 1. The molecule has 0 aliphatic heterocycles. The number of nitrogens with one attached hydrogen (secondary N) is 2. The maximum atomic E-state index is 12.4. The first-order chi connectivity index (χ1) is 14.8. The van der Waals surface area contributed by atoms with Crippen molar-refractivity contribution in [2.24, 2.45) is 0 Å². The molecule has 0 saturated heterocycles. The van der Waals surface area contributed by atoms with Crippen molar-refractivity contribution in [1.82, 2.24) is 9.44 Å². The predicted octanol–water partition coefficient (Wildman–Crippen LogP) is 2.79. The molecule has 0 aliphatic rings. The van der Waals surface area contributed by atoms with Crippen LogP contribution in [0.15, 0.2) is 46.2 Å². The Morgan fingerprint density at radius 1 is 0.656 bits per heavy atom. The van der Waals surface area contributed by atoms with Gasteiger partial charge in [-0.1, -0.05) is 35.4 Å². The van der Waals surface area contributed by atoms with Gasteiger partial charge >= 0.3 is 0 Å². The number of aryl methyl sites for hydroxylation is 4. The van der Waals surface area contributed by atoms with E-state index in [4.69, 9.17) is 0 Å². The Labute approximate surface area is 189 Å². The Balaban J connectivity index is 1.83. The summed E-state index contributed by atoms with van der Waals surface area (Å²) in [7, 11) is -7.96. The SMILES string of the molecule is Cc1ccc(S(=O)(=O)NC(=O)CCCCC(=O)NS(=O)(=O)c2ccc(C)cc2C)c(C)c1. The fourth-order valence-electron chi connectivity index (χ4n) is 3.28. The van der Waals surface area contributed by atoms with Gasteiger partial charge in [0.05, 0.1) is 9.79 Å². The first-order valence-corrected chi connectivity index (χ1v) is 13.0. The number of benzene rings is 2. The number of hydrogen-bond acceptors (Lipinski definition) is 6. The van der Waals surface area contributed by atoms with Gasteiger partial charge in [-0.05, 0) is 63.8 Å². The molecule has 0 unspecified atom stereocenters. The highest BCUT2D eigenvalue weighted by atomic mass is 32.2. The van der Waals surface area contributed by atoms with E-state index in [0.717, 1.165) is 11.1 Å². The monoisotopic (exact) mass is 480 g/mol. The summed E-state index contributed by atoms with van der Waals surface area (Å²) in [6.07, 6.45) is 0.235. The van der Waals surface area contributed by atoms with Gasteiger partial charge in [-0.15, -0.1) is 0 Å². The van der Waals surface area contributed by atoms with E-state index in [2.05, 4.69) is 0 Å². The van der Waals surface area contributed by atoms with Crippen LogP contribution in [-0.4, -0.2) is 28.6 Å². The number of carbonyl (C=O) groups is 2. The minimum Gasteiger partial charge on any atom is -0.274 e. The molecule has 0 saturated carbocycles. The molecule has 0 fully saturated rings. The first kappa shape index (κ1) is 25.5. The average Bonchev–Trinajstić information content (AvgIpc) is 2.63. The van der Waals surface area contributed by atoms with Crippen LogP contribution in [0.25, 0.3) is 0 Å². The van der Waals surface area contributed by atoms with Gasteiger partial charge in [0, 0.05) is 12.8 Å². The lowest BCUT2D eigenvalue weighted by Crippen LogP contribution is -2.31. The molecule has 8 nitrogen and oxygen atoms in total. The molecule has 0 spiro atoms. The second-order valence-electron chi connectivity index (χ2n) is 7.80. The number of rotatable bonds is 9. The quantitative estimate of drug-likeness (QED) is 0.532. The van der Waals surface area contributed by atoms with Gasteiger partial charge in [0.15, 0.2) is 0 Å². The second-order valence-corrected chi connectivity index (χ2v) is 11.1. The van der Waals surface area contributed by atoms with Gasteiger partial charge in [-0.25, -0.2) is 26.3 Å². The van der Waals surface area contributed by atoms with E-state index in [1.807, 2.05) is 23.3 Å². The van der Waals surface area contributed by atoms with Gasteiger partial charge in [-0.3, -0.25) is 9.59 Å². The molecule has 0 atom stereocenters. The third-order valence-corrected chi connectivity index (χ3v) is 7.86. The average molecular weight is 481 g/mol. The normalized spacial score (nSPS) is 11.8. The van der Waals surface area contributed by atoms with Crippen LogP contribution < -0.4 is 9.44 Å². The highest BCUT2D eigenvalue weighted by Gasteiger charge is 2.21. The van der Waals surface area contributed by atoms with Crippen LogP contribution in [0.3, 0.4) is 0 Å². The Kier molecular flexibility index (Phi) is 8.19. The molecule has 0 radical (unpaired) electrons. The Bertz CT molecular complexity index is 1140. The molecule has 10 heteroatoms. The Morgan fingerprint density at radius 3 is 1.31 bits per heavy atom. The van der Waals surface area contributed by atoms with Crippen LogP contribution in [0.1, 0.15) is 47.9 Å². The largest absolute Gasteiger partial charge is 0.274 e. The molecule has 2 aromatic rings. The van der Waals surface area contributed by atoms with Crippen LogP contribution in [0, 0.1) is 27.7 Å². The predicted molar refractivity (Wildman–Crippen MR) is 121 cm³/mol. The Hall–Kier alpha value is -2.72. The van der Waals surface area contributed by atoms with Crippen molar-refractivity contribution in [3.8, 4) is 0 Å². The molecule has 2 rings (SSSR count). The van der Waals surface area contributed by atoms with Crippen LogP contribution in [0.2, 0.25) is 0 Å². The highest BCUT2D eigenvalue weighted by Crippen LogP contribution is 2.18. The zero-order chi connectivity index (χ0) is 24.1. The van der Waals surface area contributed by atoms with Crippen LogP contribution in [0.5, 0.6) is 0 Å². The van der Waals surface area contributed by atoms with Crippen molar-refractivity contribution in [2.45, 2.75) is 63.2 Å². The topological polar surface area (TPSA) is 126 Å². The Morgan fingerprint density at radius 2 is 1.00 bits per heavy atom. The highest BCUT2D eigenvalue weighted by molar-refractivity contribution is 7.90. The van der Waals surface area contributed by atoms with Crippen LogP contribution >= 0.6 is 0 Å². The molecule has 2 aromatic carbocycles. The molecule has 0 aromatic heterocycles. The fraction of sp³-hybridized carbons (Fsp3) is 0.364. The molecule has 32 heavy (non-hydrogen) atoms. The van der Waals surface area contributed by atoms with Crippen molar-refractivity contribution in [2.75, 3.05) is 0 Å². The van der Waals surface area contributed by atoms with Gasteiger partial charge in [0.25, 0.3) is 20.0 Å². The van der Waals surface area contributed by atoms with E-state index in [9.17, 15) is 26.4 Å². The summed E-state index contributed by atoms with van der Waals surface area (Å²) in [4.78, 5) is 24.2. The zero-order valence-corrected chi connectivity index (χ0v) is 20.2. The standard InChI is InChI=1S/C22H28N2O6S2/c1-15-9-11-19(17(3)13-15)31(27,28)23-21(25)7-5-6-8-22(26)24-32(29,30)20-12-10-16(2)14-18(20)4/h9-14H,5-8H2,1-4H3,(H,23,25)(H,24,26). The van der Waals surface area contributed by atoms with Crippen LogP contribution in [-0.2, 0) is 29.6 Å². The second kappa shape index (κ2) is 10.3. The molecule has 174 valence electrons. The minimum atomic E-state index is -3.98. The van der Waals surface area contributed by atoms with Crippen molar-refractivity contribution < 1.29 is 26.4 Å². The summed E-state index contributed by atoms with van der Waals surface area (Å²) in [5.41, 5.74) is 2.88.